The lowest BCUT2D eigenvalue weighted by molar-refractivity contribution is -0.125. The van der Waals surface area contributed by atoms with Gasteiger partial charge in [-0.2, -0.15) is 0 Å². The number of likely N-dealkylation sites (tertiary alicyclic amines) is 1. The molecular formula is C15H19N3OS. The first-order valence-electron chi connectivity index (χ1n) is 6.82. The van der Waals surface area contributed by atoms with Crippen LogP contribution in [0.25, 0.3) is 0 Å². The average Bonchev–Trinajstić information content (AvgIpc) is 2.62. The van der Waals surface area contributed by atoms with Crippen LogP contribution in [0.5, 0.6) is 0 Å². The van der Waals surface area contributed by atoms with Crippen LogP contribution in [0.2, 0.25) is 0 Å². The van der Waals surface area contributed by atoms with E-state index in [4.69, 9.17) is 4.99 Å². The number of para-hydroxylation sites is 1. The molecule has 2 aliphatic rings. The molecular weight excluding hydrogens is 270 g/mol. The number of rotatable bonds is 3. The lowest BCUT2D eigenvalue weighted by atomic mass is 10.1. The molecule has 1 aromatic carbocycles. The average molecular weight is 289 g/mol. The Labute approximate surface area is 123 Å². The van der Waals surface area contributed by atoms with Crippen LogP contribution in [-0.4, -0.2) is 53.5 Å². The third kappa shape index (κ3) is 2.25. The number of aliphatic imine (C=N–C) groups is 1. The fourth-order valence-corrected chi connectivity index (χ4v) is 3.94. The molecule has 1 atom stereocenters. The van der Waals surface area contributed by atoms with Gasteiger partial charge in [0.15, 0.2) is 0 Å². The van der Waals surface area contributed by atoms with Gasteiger partial charge in [-0.1, -0.05) is 12.1 Å². The summed E-state index contributed by atoms with van der Waals surface area (Å²) in [5.74, 6) is 1.11. The number of hydrogen-bond donors (Lipinski definition) is 0. The van der Waals surface area contributed by atoms with E-state index >= 15 is 0 Å². The molecule has 1 saturated heterocycles. The number of carbonyl (C=O) groups is 1. The van der Waals surface area contributed by atoms with Gasteiger partial charge in [-0.05, 0) is 33.2 Å². The molecule has 0 spiro atoms. The maximum atomic E-state index is 12.3. The molecule has 0 N–H and O–H groups in total. The number of fused-ring (bicyclic) bond motifs is 2. The van der Waals surface area contributed by atoms with Gasteiger partial charge < -0.3 is 4.90 Å². The Morgan fingerprint density at radius 2 is 2.15 bits per heavy atom. The van der Waals surface area contributed by atoms with Crippen LogP contribution in [0.4, 0.5) is 5.69 Å². The van der Waals surface area contributed by atoms with Crippen LogP contribution >= 0.6 is 11.8 Å². The molecule has 0 aliphatic carbocycles. The van der Waals surface area contributed by atoms with Crippen molar-refractivity contribution < 1.29 is 4.79 Å². The molecule has 0 aromatic heterocycles. The maximum Gasteiger partial charge on any atom is 0.229 e. The number of amidine groups is 1. The standard InChI is InChI=1S/C15H19N3OS/c1-15-10-13(19)18(9-8-17(2)3)14(15)16-11-6-4-5-7-12(11)20-15/h4-7H,8-10H2,1-3H3/t15-/m1/s1. The van der Waals surface area contributed by atoms with Gasteiger partial charge in [0, 0.05) is 24.4 Å². The number of thioether (sulfide) groups is 1. The first kappa shape index (κ1) is 13.6. The van der Waals surface area contributed by atoms with E-state index < -0.39 is 0 Å². The van der Waals surface area contributed by atoms with E-state index in [1.807, 2.05) is 37.2 Å². The summed E-state index contributed by atoms with van der Waals surface area (Å²) in [6.45, 7) is 3.69. The van der Waals surface area contributed by atoms with Crippen molar-refractivity contribution in [2.24, 2.45) is 4.99 Å². The molecule has 4 nitrogen and oxygen atoms in total. The SMILES string of the molecule is CN(C)CCN1C(=O)C[C@@]2(C)Sc3ccccc3N=C12. The third-order valence-electron chi connectivity index (χ3n) is 3.72. The van der Waals surface area contributed by atoms with Crippen molar-refractivity contribution in [2.75, 3.05) is 27.2 Å². The minimum absolute atomic E-state index is 0.188. The van der Waals surface area contributed by atoms with Gasteiger partial charge in [0.05, 0.1) is 10.4 Å². The predicted octanol–water partition coefficient (Wildman–Crippen LogP) is 2.37. The molecule has 2 heterocycles. The molecule has 0 bridgehead atoms. The third-order valence-corrected chi connectivity index (χ3v) is 5.06. The summed E-state index contributed by atoms with van der Waals surface area (Å²) in [4.78, 5) is 22.2. The maximum absolute atomic E-state index is 12.3. The van der Waals surface area contributed by atoms with Crippen molar-refractivity contribution in [1.29, 1.82) is 0 Å². The Bertz CT molecular complexity index is 584. The van der Waals surface area contributed by atoms with Crippen LogP contribution in [0.15, 0.2) is 34.2 Å². The van der Waals surface area contributed by atoms with Crippen LogP contribution < -0.4 is 0 Å². The van der Waals surface area contributed by atoms with Gasteiger partial charge in [0.25, 0.3) is 0 Å². The number of carbonyl (C=O) groups excluding carboxylic acids is 1. The van der Waals surface area contributed by atoms with E-state index in [2.05, 4.69) is 17.9 Å². The lowest BCUT2D eigenvalue weighted by Gasteiger charge is -2.30. The van der Waals surface area contributed by atoms with Crippen molar-refractivity contribution in [3.63, 3.8) is 0 Å². The van der Waals surface area contributed by atoms with Gasteiger partial charge in [-0.15, -0.1) is 11.8 Å². The minimum Gasteiger partial charge on any atom is -0.308 e. The van der Waals surface area contributed by atoms with E-state index in [9.17, 15) is 4.79 Å². The molecule has 2 aliphatic heterocycles. The Morgan fingerprint density at radius 1 is 1.40 bits per heavy atom. The molecule has 1 amide bonds. The van der Waals surface area contributed by atoms with Crippen molar-refractivity contribution in [1.82, 2.24) is 9.80 Å². The Morgan fingerprint density at radius 3 is 2.90 bits per heavy atom. The van der Waals surface area contributed by atoms with E-state index in [0.717, 1.165) is 18.1 Å². The van der Waals surface area contributed by atoms with Crippen LogP contribution in [0.3, 0.4) is 0 Å². The second-order valence-electron chi connectivity index (χ2n) is 5.76. The highest BCUT2D eigenvalue weighted by molar-refractivity contribution is 8.01. The molecule has 5 heteroatoms. The topological polar surface area (TPSA) is 35.9 Å². The number of benzene rings is 1. The van der Waals surface area contributed by atoms with Crippen LogP contribution in [0.1, 0.15) is 13.3 Å². The van der Waals surface area contributed by atoms with E-state index in [1.54, 1.807) is 11.8 Å². The summed E-state index contributed by atoms with van der Waals surface area (Å²) in [6.07, 6.45) is 0.540. The summed E-state index contributed by atoms with van der Waals surface area (Å²) >= 11 is 1.76. The fraction of sp³-hybridized carbons (Fsp3) is 0.467. The van der Waals surface area contributed by atoms with Gasteiger partial charge in [0.1, 0.15) is 5.84 Å². The Hall–Kier alpha value is -1.33. The Balaban J connectivity index is 1.95. The molecule has 1 aromatic rings. The molecule has 20 heavy (non-hydrogen) atoms. The minimum atomic E-state index is -0.211. The quantitative estimate of drug-likeness (QED) is 0.857. The summed E-state index contributed by atoms with van der Waals surface area (Å²) in [7, 11) is 4.04. The molecule has 1 fully saturated rings. The van der Waals surface area contributed by atoms with Gasteiger partial charge in [0.2, 0.25) is 5.91 Å². The molecule has 0 unspecified atom stereocenters. The normalized spacial score (nSPS) is 24.7. The highest BCUT2D eigenvalue weighted by Gasteiger charge is 2.48. The van der Waals surface area contributed by atoms with E-state index in [-0.39, 0.29) is 10.7 Å². The van der Waals surface area contributed by atoms with Gasteiger partial charge >= 0.3 is 0 Å². The largest absolute Gasteiger partial charge is 0.308 e. The monoisotopic (exact) mass is 289 g/mol. The second-order valence-corrected chi connectivity index (χ2v) is 7.31. The highest BCUT2D eigenvalue weighted by Crippen LogP contribution is 2.49. The van der Waals surface area contributed by atoms with Gasteiger partial charge in [-0.3, -0.25) is 9.69 Å². The van der Waals surface area contributed by atoms with Crippen molar-refractivity contribution in [3.05, 3.63) is 24.3 Å². The number of nitrogens with zero attached hydrogens (tertiary/aromatic N) is 3. The molecule has 3 rings (SSSR count). The molecule has 0 radical (unpaired) electrons. The fourth-order valence-electron chi connectivity index (χ4n) is 2.65. The second kappa shape index (κ2) is 4.90. The molecule has 106 valence electrons. The van der Waals surface area contributed by atoms with Crippen molar-refractivity contribution >= 4 is 29.2 Å². The van der Waals surface area contributed by atoms with Crippen LogP contribution in [-0.2, 0) is 4.79 Å². The van der Waals surface area contributed by atoms with Crippen LogP contribution in [0, 0.1) is 0 Å². The zero-order valence-electron chi connectivity index (χ0n) is 12.1. The van der Waals surface area contributed by atoms with E-state index in [1.165, 1.54) is 4.90 Å². The zero-order valence-corrected chi connectivity index (χ0v) is 12.9. The summed E-state index contributed by atoms with van der Waals surface area (Å²) in [5, 5.41) is 0. The summed E-state index contributed by atoms with van der Waals surface area (Å²) in [6, 6.07) is 8.11. The zero-order chi connectivity index (χ0) is 14.3. The number of amides is 1. The number of likely N-dealkylation sites (N-methyl/N-ethyl adjacent to an activating group) is 1. The molecule has 0 saturated carbocycles. The summed E-state index contributed by atoms with van der Waals surface area (Å²) in [5.41, 5.74) is 0.981. The first-order valence-corrected chi connectivity index (χ1v) is 7.63. The van der Waals surface area contributed by atoms with Crippen molar-refractivity contribution in [3.8, 4) is 0 Å². The van der Waals surface area contributed by atoms with Crippen molar-refractivity contribution in [2.45, 2.75) is 23.0 Å². The number of hydrogen-bond acceptors (Lipinski definition) is 4. The predicted molar refractivity (Wildman–Crippen MR) is 82.7 cm³/mol. The smallest absolute Gasteiger partial charge is 0.229 e. The lowest BCUT2D eigenvalue weighted by Crippen LogP contribution is -2.40. The first-order chi connectivity index (χ1) is 9.49. The highest BCUT2D eigenvalue weighted by atomic mass is 32.2. The van der Waals surface area contributed by atoms with E-state index in [0.29, 0.717) is 13.0 Å². The van der Waals surface area contributed by atoms with Gasteiger partial charge in [-0.25, -0.2) is 4.99 Å². The Kier molecular flexibility index (Phi) is 3.34. The summed E-state index contributed by atoms with van der Waals surface area (Å²) < 4.78 is -0.211.